The van der Waals surface area contributed by atoms with Crippen molar-refractivity contribution in [3.63, 3.8) is 0 Å². The molecular weight excluding hydrogens is 951 g/mol. The molecule has 0 aliphatic rings. The Kier molecular flexibility index (Phi) is 63.8. The van der Waals surface area contributed by atoms with Crippen molar-refractivity contribution < 1.29 is 15.0 Å². The van der Waals surface area contributed by atoms with Crippen molar-refractivity contribution in [2.75, 3.05) is 6.61 Å². The number of unbranched alkanes of at least 4 members (excludes halogenated alkanes) is 27. The largest absolute Gasteiger partial charge is 0.394 e. The van der Waals surface area contributed by atoms with Crippen LogP contribution in [-0.2, 0) is 4.79 Å². The van der Waals surface area contributed by atoms with Crippen molar-refractivity contribution in [1.29, 1.82) is 0 Å². The Morgan fingerprint density at radius 2 is 0.577 bits per heavy atom. The summed E-state index contributed by atoms with van der Waals surface area (Å²) in [7, 11) is 0. The van der Waals surface area contributed by atoms with Crippen LogP contribution >= 0.6 is 0 Å². The maximum absolute atomic E-state index is 12.5. The zero-order valence-corrected chi connectivity index (χ0v) is 50.9. The summed E-state index contributed by atoms with van der Waals surface area (Å²) in [5.74, 6) is -0.125. The van der Waals surface area contributed by atoms with Crippen LogP contribution < -0.4 is 5.32 Å². The second kappa shape index (κ2) is 67.3. The van der Waals surface area contributed by atoms with Gasteiger partial charge in [0.1, 0.15) is 0 Å². The average Bonchev–Trinajstić information content (AvgIpc) is 3.44. The Labute approximate surface area is 484 Å². The molecule has 3 N–H and O–H groups in total. The predicted molar refractivity (Wildman–Crippen MR) is 349 cm³/mol. The first kappa shape index (κ1) is 74.0. The normalized spacial score (nSPS) is 13.8. The lowest BCUT2D eigenvalue weighted by molar-refractivity contribution is -0.123. The van der Waals surface area contributed by atoms with Crippen LogP contribution in [0, 0.1) is 0 Å². The number of carbonyl (C=O) groups excluding carboxylic acids is 1. The van der Waals surface area contributed by atoms with Gasteiger partial charge in [-0.3, -0.25) is 4.79 Å². The van der Waals surface area contributed by atoms with Gasteiger partial charge in [-0.15, -0.1) is 0 Å². The van der Waals surface area contributed by atoms with Gasteiger partial charge in [0.05, 0.1) is 18.8 Å². The van der Waals surface area contributed by atoms with Crippen LogP contribution in [0.3, 0.4) is 0 Å². The first-order chi connectivity index (χ1) is 38.7. The maximum atomic E-state index is 12.5. The number of rotatable bonds is 58. The molecule has 0 radical (unpaired) electrons. The first-order valence-electron chi connectivity index (χ1n) is 32.7. The van der Waals surface area contributed by atoms with Crippen molar-refractivity contribution in [1.82, 2.24) is 5.32 Å². The fourth-order valence-corrected chi connectivity index (χ4v) is 9.06. The molecule has 0 rings (SSSR count). The number of amides is 1. The van der Waals surface area contributed by atoms with Gasteiger partial charge in [-0.2, -0.15) is 0 Å². The number of aliphatic hydroxyl groups is 2. The maximum Gasteiger partial charge on any atom is 0.220 e. The lowest BCUT2D eigenvalue weighted by atomic mass is 10.0. The Morgan fingerprint density at radius 1 is 0.321 bits per heavy atom. The molecule has 0 fully saturated rings. The summed E-state index contributed by atoms with van der Waals surface area (Å²) in [5, 5.41) is 23.2. The number of carbonyl (C=O) groups is 1. The van der Waals surface area contributed by atoms with Crippen molar-refractivity contribution >= 4 is 5.91 Å². The number of allylic oxidation sites excluding steroid dienone is 25. The molecule has 0 saturated carbocycles. The fraction of sp³-hybridized carbons (Fsp3) is 0.635. The van der Waals surface area contributed by atoms with Crippen molar-refractivity contribution in [3.8, 4) is 0 Å². The van der Waals surface area contributed by atoms with Crippen LogP contribution in [0.1, 0.15) is 284 Å². The van der Waals surface area contributed by atoms with Gasteiger partial charge in [0, 0.05) is 6.42 Å². The van der Waals surface area contributed by atoms with Crippen LogP contribution in [-0.4, -0.2) is 34.9 Å². The van der Waals surface area contributed by atoms with E-state index in [0.717, 1.165) is 109 Å². The first-order valence-corrected chi connectivity index (χ1v) is 32.7. The van der Waals surface area contributed by atoms with Crippen LogP contribution in [0.25, 0.3) is 0 Å². The summed E-state index contributed by atoms with van der Waals surface area (Å²) in [6.07, 6.45) is 107. The van der Waals surface area contributed by atoms with Gasteiger partial charge in [0.25, 0.3) is 0 Å². The zero-order chi connectivity index (χ0) is 56.2. The summed E-state index contributed by atoms with van der Waals surface area (Å²) in [6.45, 7) is 4.17. The molecule has 442 valence electrons. The molecular formula is C74H123NO3. The molecule has 2 unspecified atom stereocenters. The van der Waals surface area contributed by atoms with Crippen molar-refractivity contribution in [3.05, 3.63) is 158 Å². The summed E-state index contributed by atoms with van der Waals surface area (Å²) in [6, 6.07) is -0.684. The summed E-state index contributed by atoms with van der Waals surface area (Å²) < 4.78 is 0. The highest BCUT2D eigenvalue weighted by Crippen LogP contribution is 2.16. The van der Waals surface area contributed by atoms with E-state index in [9.17, 15) is 15.0 Å². The Morgan fingerprint density at radius 3 is 0.897 bits per heavy atom. The molecule has 0 heterocycles. The van der Waals surface area contributed by atoms with E-state index >= 15 is 0 Å². The average molecular weight is 1070 g/mol. The number of aliphatic hydroxyl groups excluding tert-OH is 2. The molecule has 4 nitrogen and oxygen atoms in total. The molecule has 1 amide bonds. The highest BCUT2D eigenvalue weighted by molar-refractivity contribution is 5.76. The van der Waals surface area contributed by atoms with E-state index in [4.69, 9.17) is 0 Å². The molecule has 0 aliphatic heterocycles. The third-order valence-corrected chi connectivity index (χ3v) is 14.0. The number of hydrogen-bond donors (Lipinski definition) is 3. The minimum atomic E-state index is -0.903. The molecule has 0 aromatic heterocycles. The number of hydrogen-bond acceptors (Lipinski definition) is 3. The number of nitrogens with one attached hydrogen (secondary N) is 1. The van der Waals surface area contributed by atoms with Crippen LogP contribution in [0.15, 0.2) is 158 Å². The SMILES string of the molecule is CC/C=C\C/C=C\C/C=C\C/C=C\C/C=C\C/C=C\C/C=C\C/C=C\C/C=C\C/C=C\CCCCC(=O)NC(CO)C(O)/C=C/CC/C=C/CC/C=C/CCCCCCCCCCCCCCCCCCCCCCCCC. The minimum Gasteiger partial charge on any atom is -0.394 e. The molecule has 78 heavy (non-hydrogen) atoms. The zero-order valence-electron chi connectivity index (χ0n) is 50.9. The fourth-order valence-electron chi connectivity index (χ4n) is 9.06. The minimum absolute atomic E-state index is 0.125. The highest BCUT2D eigenvalue weighted by atomic mass is 16.3. The Bertz CT molecular complexity index is 1640. The summed E-state index contributed by atoms with van der Waals surface area (Å²) in [5.41, 5.74) is 0. The van der Waals surface area contributed by atoms with E-state index in [0.29, 0.717) is 6.42 Å². The second-order valence-electron chi connectivity index (χ2n) is 21.4. The molecule has 0 aliphatic carbocycles. The van der Waals surface area contributed by atoms with Crippen LogP contribution in [0.4, 0.5) is 0 Å². The third kappa shape index (κ3) is 62.8. The summed E-state index contributed by atoms with van der Waals surface area (Å²) >= 11 is 0. The van der Waals surface area contributed by atoms with Crippen LogP contribution in [0.2, 0.25) is 0 Å². The quantitative estimate of drug-likeness (QED) is 0.0420. The van der Waals surface area contributed by atoms with Gasteiger partial charge in [-0.25, -0.2) is 0 Å². The van der Waals surface area contributed by atoms with Gasteiger partial charge in [0.2, 0.25) is 5.91 Å². The van der Waals surface area contributed by atoms with Gasteiger partial charge in [-0.1, -0.05) is 313 Å². The van der Waals surface area contributed by atoms with Gasteiger partial charge in [0.15, 0.2) is 0 Å². The van der Waals surface area contributed by atoms with E-state index in [2.05, 4.69) is 165 Å². The van der Waals surface area contributed by atoms with E-state index < -0.39 is 12.1 Å². The lowest BCUT2D eigenvalue weighted by Gasteiger charge is -2.19. The van der Waals surface area contributed by atoms with Crippen LogP contribution in [0.5, 0.6) is 0 Å². The van der Waals surface area contributed by atoms with E-state index in [1.165, 1.54) is 154 Å². The topological polar surface area (TPSA) is 69.6 Å². The highest BCUT2D eigenvalue weighted by Gasteiger charge is 2.17. The Balaban J connectivity index is 3.69. The predicted octanol–water partition coefficient (Wildman–Crippen LogP) is 22.5. The molecule has 0 saturated heterocycles. The molecule has 0 spiro atoms. The standard InChI is InChI=1S/C74H123NO3/c1-3-5-7-9-11-13-15-17-19-21-23-25-27-29-31-33-35-37-39-41-43-45-47-49-51-53-55-57-59-61-63-65-67-69-73(77)72(71-76)75-74(78)70-68-66-64-62-60-58-56-54-52-50-48-46-44-42-40-38-36-34-32-30-28-26-24-22-20-18-16-14-12-10-8-6-4-2/h6,8,12,14,18,20,24,26,30,32,36,38,42,44,48,50-51,53-54,56,59-62,67,69,72-73,76-77H,3-5,7,9-11,13,15-17,19,21-23,25,27-29,31,33-35,37,39-41,43,45-47,49,52,55,57-58,63-66,68,70-71H2,1-2H3,(H,75,78)/b8-6-,14-12-,20-18-,26-24-,32-30-,38-36-,44-42-,50-48-,53-51+,56-54-,61-59+,62-60-,69-67+. The van der Waals surface area contributed by atoms with Crippen molar-refractivity contribution in [2.24, 2.45) is 0 Å². The second-order valence-corrected chi connectivity index (χ2v) is 21.4. The van der Waals surface area contributed by atoms with Gasteiger partial charge >= 0.3 is 0 Å². The van der Waals surface area contributed by atoms with E-state index in [1.54, 1.807) is 6.08 Å². The Hall–Kier alpha value is -3.99. The van der Waals surface area contributed by atoms with E-state index in [1.807, 2.05) is 6.08 Å². The molecule has 2 atom stereocenters. The molecule has 0 aromatic rings. The van der Waals surface area contributed by atoms with Gasteiger partial charge < -0.3 is 15.5 Å². The lowest BCUT2D eigenvalue weighted by Crippen LogP contribution is -2.45. The summed E-state index contributed by atoms with van der Waals surface area (Å²) in [4.78, 5) is 12.5. The third-order valence-electron chi connectivity index (χ3n) is 14.0. The molecule has 4 heteroatoms. The molecule has 0 bridgehead atoms. The van der Waals surface area contributed by atoms with Gasteiger partial charge in [-0.05, 0) is 122 Å². The monoisotopic (exact) mass is 1070 g/mol. The van der Waals surface area contributed by atoms with Crippen molar-refractivity contribution in [2.45, 2.75) is 296 Å². The smallest absolute Gasteiger partial charge is 0.220 e. The molecule has 0 aromatic carbocycles. The van der Waals surface area contributed by atoms with E-state index in [-0.39, 0.29) is 12.5 Å².